The average molecular weight is 2120 g/mol. The predicted octanol–water partition coefficient (Wildman–Crippen LogP) is -14.5. The minimum Gasteiger partial charge on any atom is -0.480 e. The van der Waals surface area contributed by atoms with Crippen LogP contribution in [-0.2, 0) is 117 Å². The van der Waals surface area contributed by atoms with Gasteiger partial charge in [-0.15, -0.1) is 0 Å². The molecule has 802 valence electrons. The Labute approximate surface area is 811 Å². The normalized spacial score (nSPS) is 30.6. The summed E-state index contributed by atoms with van der Waals surface area (Å²) in [6.07, 6.45) is 6.08. The van der Waals surface area contributed by atoms with E-state index in [1.165, 1.54) is 11.2 Å². The highest BCUT2D eigenvalue weighted by molar-refractivity contribution is 7.85. The Balaban J connectivity index is 0.000000294. The molecule has 6 heterocycles. The van der Waals surface area contributed by atoms with E-state index in [-0.39, 0.29) is 167 Å². The van der Waals surface area contributed by atoms with Gasteiger partial charge in [-0.2, -0.15) is 67.9 Å². The van der Waals surface area contributed by atoms with Crippen LogP contribution in [0, 0.1) is 35.5 Å². The van der Waals surface area contributed by atoms with Gasteiger partial charge in [-0.25, -0.2) is 8.39 Å². The van der Waals surface area contributed by atoms with Crippen LogP contribution in [0.4, 0.5) is 0 Å². The van der Waals surface area contributed by atoms with Crippen molar-refractivity contribution >= 4 is 141 Å². The second kappa shape index (κ2) is 52.0. The number of carbonyl (C=O) groups is 6. The van der Waals surface area contributed by atoms with Crippen molar-refractivity contribution in [2.24, 2.45) is 104 Å². The van der Waals surface area contributed by atoms with Crippen molar-refractivity contribution in [2.45, 2.75) is 248 Å². The molecule has 59 nitrogen and oxygen atoms in total. The fraction of sp³-hybridized carbons (Fsp3) is 0.912. The number of hydrogen-bond donors (Lipinski definition) is 30. The summed E-state index contributed by atoms with van der Waals surface area (Å²) in [7, 11) is -29.5. The summed E-state index contributed by atoms with van der Waals surface area (Å²) in [6, 6.07) is -0.928. The van der Waals surface area contributed by atoms with Crippen LogP contribution in [0.15, 0.2) is 0 Å². The molecule has 0 spiro atoms. The third kappa shape index (κ3) is 36.6. The van der Waals surface area contributed by atoms with Crippen molar-refractivity contribution in [3.8, 4) is 0 Å². The molecule has 10 fully saturated rings. The molecule has 0 aromatic carbocycles. The Morgan fingerprint density at radius 1 is 0.396 bits per heavy atom. The van der Waals surface area contributed by atoms with Gasteiger partial charge in [0.2, 0.25) is 11.3 Å². The van der Waals surface area contributed by atoms with Crippen molar-refractivity contribution in [3.05, 3.63) is 0 Å². The third-order valence-corrected chi connectivity index (χ3v) is 33.9. The molecular formula is C68H140B6N18O41S6. The van der Waals surface area contributed by atoms with E-state index in [1.807, 2.05) is 0 Å². The summed E-state index contributed by atoms with van der Waals surface area (Å²) in [5.41, 5.74) is 57.1. The molecule has 6 saturated heterocycles. The van der Waals surface area contributed by atoms with Gasteiger partial charge in [0.1, 0.15) is 38.8 Å². The Morgan fingerprint density at radius 2 is 0.662 bits per heavy atom. The number of carboxylic acid groups (broad SMARTS) is 6. The van der Waals surface area contributed by atoms with Gasteiger partial charge in [-0.3, -0.25) is 49.7 Å². The van der Waals surface area contributed by atoms with Crippen LogP contribution < -0.4 is 68.8 Å². The van der Waals surface area contributed by atoms with Gasteiger partial charge in [0.05, 0.1) is 31.5 Å². The molecule has 10 aliphatic rings. The number of rotatable bonds is 52. The molecule has 0 aromatic rings. The van der Waals surface area contributed by atoms with Crippen molar-refractivity contribution in [2.75, 3.05) is 105 Å². The molecule has 10 rings (SSSR count). The maximum absolute atomic E-state index is 12.4. The van der Waals surface area contributed by atoms with Crippen LogP contribution >= 0.6 is 0 Å². The van der Waals surface area contributed by atoms with Gasteiger partial charge >= 0.3 is 130 Å². The summed E-state index contributed by atoms with van der Waals surface area (Å²) >= 11 is -1.77. The van der Waals surface area contributed by atoms with Crippen LogP contribution in [0.1, 0.15) is 129 Å². The second-order valence-corrected chi connectivity index (χ2v) is 46.6. The van der Waals surface area contributed by atoms with E-state index < -0.39 is 266 Å². The summed E-state index contributed by atoms with van der Waals surface area (Å²) < 4.78 is 170. The van der Waals surface area contributed by atoms with Gasteiger partial charge < -0.3 is 160 Å². The Morgan fingerprint density at radius 3 is 0.914 bits per heavy atom. The number of aliphatic carboxylic acids is 6. The molecule has 71 heteroatoms. The van der Waals surface area contributed by atoms with Gasteiger partial charge in [0.25, 0.3) is 0 Å². The van der Waals surface area contributed by atoms with Crippen LogP contribution in [-0.4, -0.2) is 427 Å². The maximum atomic E-state index is 12.4. The average Bonchev–Trinajstić information content (AvgIpc) is 1.60. The summed E-state index contributed by atoms with van der Waals surface area (Å²) in [4.78, 5) is 69.0. The van der Waals surface area contributed by atoms with Crippen molar-refractivity contribution in [3.63, 3.8) is 0 Å². The second-order valence-electron chi connectivity index (χ2n) is 37.6. The molecule has 0 radical (unpaired) electrons. The fourth-order valence-corrected chi connectivity index (χ4v) is 24.0. The van der Waals surface area contributed by atoms with Gasteiger partial charge in [0.15, 0.2) is 0 Å². The maximum Gasteiger partial charge on any atom is 0.451 e. The number of nitrogens with zero attached hydrogens (tertiary/aromatic N) is 6. The first-order valence-electron chi connectivity index (χ1n) is 44.8. The molecule has 0 bridgehead atoms. The Bertz CT molecular complexity index is 4590. The molecule has 42 N–H and O–H groups in total. The lowest BCUT2D eigenvalue weighted by molar-refractivity contribution is -0.145. The lowest BCUT2D eigenvalue weighted by Gasteiger charge is -2.25. The molecule has 7 unspecified atom stereocenters. The van der Waals surface area contributed by atoms with E-state index in [2.05, 4.69) is 0 Å². The van der Waals surface area contributed by atoms with Gasteiger partial charge in [0, 0.05) is 151 Å². The van der Waals surface area contributed by atoms with E-state index in [9.17, 15) is 106 Å². The van der Waals surface area contributed by atoms with Gasteiger partial charge in [-0.05, 0) is 129 Å². The number of nitrogens with two attached hydrogens (primary N) is 12. The van der Waals surface area contributed by atoms with E-state index in [0.717, 1.165) is 21.5 Å². The monoisotopic (exact) mass is 2120 g/mol. The van der Waals surface area contributed by atoms with E-state index in [1.54, 1.807) is 6.92 Å². The molecule has 6 aliphatic heterocycles. The van der Waals surface area contributed by atoms with Crippen molar-refractivity contribution < 1.29 is 191 Å². The quantitative estimate of drug-likeness (QED) is 0.0252. The minimum atomic E-state index is -4.14. The van der Waals surface area contributed by atoms with Crippen LogP contribution in [0.3, 0.4) is 0 Å². The SMILES string of the molecule is CC(CN)OS(=O)(=O)N1C[C@H](CCCB(O)O)[C@](N)(C(=O)O)C1.CC(N)COS(=O)(=O)N1C[C@H](CCCB(O)O)[C@](N)(C(=O)O)C1.NC1(COS(=O)(=O)N2C[C@H](CCCB(O)O)[C@](N)(C(=O)O)C2)CC1.NC1CC1OS(=O)(=O)N1C[C@H](CCCB(O)O)[C@](N)(C(=O)O)C1.NC1CC1OS(=O)N1C[C@H](CCCB(O)O)[C@](N)(C(=O)O)C1.NCC1(OS(=O)(=O)N2C[C@H](CCCB(O)O)[C@](N)(C(=O)O)C2)CC1. The highest BCUT2D eigenvalue weighted by atomic mass is 32.3. The van der Waals surface area contributed by atoms with Crippen molar-refractivity contribution in [1.29, 1.82) is 0 Å². The molecule has 139 heavy (non-hydrogen) atoms. The highest BCUT2D eigenvalue weighted by Gasteiger charge is 2.61. The topological polar surface area (TPSA) is 1040 Å². The first-order valence-corrected chi connectivity index (χ1v) is 52.7. The molecule has 19 atom stereocenters. The first kappa shape index (κ1) is 125. The van der Waals surface area contributed by atoms with E-state index in [4.69, 9.17) is 154 Å². The fourth-order valence-electron chi connectivity index (χ4n) is 16.0. The predicted molar refractivity (Wildman–Crippen MR) is 494 cm³/mol. The van der Waals surface area contributed by atoms with E-state index >= 15 is 0 Å². The zero-order valence-corrected chi connectivity index (χ0v) is 82.1. The highest BCUT2D eigenvalue weighted by Crippen LogP contribution is 2.44. The van der Waals surface area contributed by atoms with Crippen LogP contribution in [0.25, 0.3) is 0 Å². The summed E-state index contributed by atoms with van der Waals surface area (Å²) in [6.45, 7) is 0.442. The third-order valence-electron chi connectivity index (χ3n) is 25.8. The van der Waals surface area contributed by atoms with E-state index in [0.29, 0.717) is 83.5 Å². The molecule has 0 amide bonds. The molecule has 0 aromatic heterocycles. The number of carboxylic acids is 6. The molecular weight excluding hydrogens is 1980 g/mol. The molecule has 4 saturated carbocycles. The summed E-state index contributed by atoms with van der Waals surface area (Å²) in [5, 5.41) is 163. The van der Waals surface area contributed by atoms with Gasteiger partial charge in [-0.1, -0.05) is 38.5 Å². The lowest BCUT2D eigenvalue weighted by Crippen LogP contribution is -2.55. The minimum absolute atomic E-state index is 0.00240. The molecule has 4 aliphatic carbocycles. The smallest absolute Gasteiger partial charge is 0.451 e. The lowest BCUT2D eigenvalue weighted by atomic mass is 9.78. The first-order chi connectivity index (χ1) is 63.8. The Kier molecular flexibility index (Phi) is 46.8. The van der Waals surface area contributed by atoms with Crippen LogP contribution in [0.2, 0.25) is 37.9 Å². The Hall–Kier alpha value is -4.33. The largest absolute Gasteiger partial charge is 0.480 e. The van der Waals surface area contributed by atoms with Crippen LogP contribution in [0.5, 0.6) is 0 Å². The zero-order valence-electron chi connectivity index (χ0n) is 77.2. The van der Waals surface area contributed by atoms with Crippen molar-refractivity contribution in [1.82, 2.24) is 25.8 Å². The number of hydrogen-bond acceptors (Lipinski definition) is 47. The summed E-state index contributed by atoms with van der Waals surface area (Å²) in [5.74, 6) is -11.4. The zero-order chi connectivity index (χ0) is 106. The standard InChI is InChI=1S/2C12H24BN3O7S.C11H22BN3O7S.2C11H24BN3O7S.C11H22BN3O6S/c14-11(3-4-11)8-23-24(21,22)16-6-9(2-1-5-13(19)20)12(15,7-16)10(17)18;14-7-11(3-4-11)23-24(21,22)16-6-9(2-1-5-13(19)20)12(15,8-16)10(17)18;13-8-4-9(8)22-23(20,21)15-5-7(2-1-3-12(18)19)11(14,6-15)10(16)17;1-8(13)6-22-23(20,21)15-5-9(3-2-4-12(18)19)11(14,7-15)10(16)17;1-8(5-13)22-23(20,21)15-6-9(3-2-4-12(18)19)11(14,7-15)10(16)17;13-8-4-9(8)21-22(20)15-5-7(2-1-3-12(18)19)11(14,6-15)10(16)17/h2*9,19-20H,1-8,14-15H2,(H,17,18);7-9,18-19H,1-6,13-14H2,(H,16,17);2*8-9,18-19H,2-7,13-14H2,1H3,(H,16,17);7-9,18-19H,1-6,13-14H2,(H,16,17)/t2*9-,12-;7-,8?,9?,11-;2*8?,9-,11-;7-,8?,9?,11-,22?/m000000/s1.